The van der Waals surface area contributed by atoms with E-state index in [2.05, 4.69) is 10.3 Å². The van der Waals surface area contributed by atoms with E-state index in [0.29, 0.717) is 6.42 Å². The van der Waals surface area contributed by atoms with Crippen molar-refractivity contribution in [3.8, 4) is 0 Å². The number of pyridine rings is 1. The summed E-state index contributed by atoms with van der Waals surface area (Å²) in [7, 11) is 0. The lowest BCUT2D eigenvalue weighted by atomic mass is 9.80. The van der Waals surface area contributed by atoms with E-state index >= 15 is 0 Å². The van der Waals surface area contributed by atoms with Crippen molar-refractivity contribution in [2.24, 2.45) is 5.73 Å². The highest BCUT2D eigenvalue weighted by atomic mass is 16.1. The molecular formula is C15H23N3O. The predicted molar refractivity (Wildman–Crippen MR) is 75.4 cm³/mol. The standard InChI is InChI=1S/C15H23N3O/c1-12(13-5-9-17-10-6-13)18-14(19)11-15(16)7-3-2-4-8-15/h5-6,9-10,12H,2-4,7-8,11,16H2,1H3,(H,18,19)/t12-/m1/s1. The third-order valence-electron chi connectivity index (χ3n) is 3.95. The molecule has 1 saturated carbocycles. The van der Waals surface area contributed by atoms with Crippen LogP contribution in [-0.4, -0.2) is 16.4 Å². The fourth-order valence-electron chi connectivity index (χ4n) is 2.78. The van der Waals surface area contributed by atoms with E-state index in [1.165, 1.54) is 6.42 Å². The molecule has 4 nitrogen and oxygen atoms in total. The van der Waals surface area contributed by atoms with Gasteiger partial charge in [-0.2, -0.15) is 0 Å². The number of carbonyl (C=O) groups excluding carboxylic acids is 1. The van der Waals surface area contributed by atoms with Gasteiger partial charge in [0.25, 0.3) is 0 Å². The summed E-state index contributed by atoms with van der Waals surface area (Å²) in [5.74, 6) is 0.0497. The molecule has 1 amide bonds. The van der Waals surface area contributed by atoms with Gasteiger partial charge in [0.2, 0.25) is 5.91 Å². The summed E-state index contributed by atoms with van der Waals surface area (Å²) in [5, 5.41) is 3.02. The number of amides is 1. The molecule has 0 saturated heterocycles. The molecule has 0 aromatic carbocycles. The quantitative estimate of drug-likeness (QED) is 0.874. The fraction of sp³-hybridized carbons (Fsp3) is 0.600. The molecule has 0 aliphatic heterocycles. The molecule has 0 radical (unpaired) electrons. The van der Waals surface area contributed by atoms with Crippen LogP contribution in [0.5, 0.6) is 0 Å². The average molecular weight is 261 g/mol. The summed E-state index contributed by atoms with van der Waals surface area (Å²) < 4.78 is 0. The van der Waals surface area contributed by atoms with Gasteiger partial charge in [-0.3, -0.25) is 9.78 Å². The van der Waals surface area contributed by atoms with Crippen LogP contribution in [-0.2, 0) is 4.79 Å². The van der Waals surface area contributed by atoms with Gasteiger partial charge in [-0.05, 0) is 37.5 Å². The summed E-state index contributed by atoms with van der Waals surface area (Å²) in [6.45, 7) is 1.98. The monoisotopic (exact) mass is 261 g/mol. The van der Waals surface area contributed by atoms with Crippen LogP contribution in [0.1, 0.15) is 57.1 Å². The number of nitrogens with zero attached hydrogens (tertiary/aromatic N) is 1. The van der Waals surface area contributed by atoms with Crippen molar-refractivity contribution in [2.45, 2.75) is 57.0 Å². The average Bonchev–Trinajstić information content (AvgIpc) is 2.39. The van der Waals surface area contributed by atoms with Crippen molar-refractivity contribution >= 4 is 5.91 Å². The highest BCUT2D eigenvalue weighted by Gasteiger charge is 2.30. The second-order valence-corrected chi connectivity index (χ2v) is 5.67. The minimum Gasteiger partial charge on any atom is -0.350 e. The van der Waals surface area contributed by atoms with Gasteiger partial charge < -0.3 is 11.1 Å². The number of aromatic nitrogens is 1. The first kappa shape index (κ1) is 14.0. The van der Waals surface area contributed by atoms with Crippen LogP contribution >= 0.6 is 0 Å². The van der Waals surface area contributed by atoms with E-state index < -0.39 is 0 Å². The molecule has 2 rings (SSSR count). The number of nitrogens with two attached hydrogens (primary N) is 1. The Balaban J connectivity index is 1.87. The van der Waals surface area contributed by atoms with Crippen LogP contribution < -0.4 is 11.1 Å². The molecular weight excluding hydrogens is 238 g/mol. The first-order valence-electron chi connectivity index (χ1n) is 7.07. The van der Waals surface area contributed by atoms with Gasteiger partial charge in [-0.1, -0.05) is 19.3 Å². The first-order valence-corrected chi connectivity index (χ1v) is 7.07. The molecule has 1 fully saturated rings. The van der Waals surface area contributed by atoms with Gasteiger partial charge in [0, 0.05) is 24.4 Å². The number of hydrogen-bond acceptors (Lipinski definition) is 3. The molecule has 1 heterocycles. The largest absolute Gasteiger partial charge is 0.350 e. The third kappa shape index (κ3) is 4.03. The van der Waals surface area contributed by atoms with Gasteiger partial charge in [0.1, 0.15) is 0 Å². The highest BCUT2D eigenvalue weighted by Crippen LogP contribution is 2.28. The highest BCUT2D eigenvalue weighted by molar-refractivity contribution is 5.77. The Morgan fingerprint density at radius 1 is 1.37 bits per heavy atom. The normalized spacial score (nSPS) is 19.7. The lowest BCUT2D eigenvalue weighted by Crippen LogP contribution is -2.46. The molecule has 19 heavy (non-hydrogen) atoms. The van der Waals surface area contributed by atoms with E-state index in [0.717, 1.165) is 31.2 Å². The molecule has 104 valence electrons. The van der Waals surface area contributed by atoms with Crippen LogP contribution in [0.2, 0.25) is 0 Å². The zero-order valence-corrected chi connectivity index (χ0v) is 11.6. The van der Waals surface area contributed by atoms with Crippen molar-refractivity contribution in [1.82, 2.24) is 10.3 Å². The van der Waals surface area contributed by atoms with Crippen LogP contribution in [0.15, 0.2) is 24.5 Å². The maximum atomic E-state index is 12.1. The lowest BCUT2D eigenvalue weighted by molar-refractivity contribution is -0.123. The van der Waals surface area contributed by atoms with E-state index in [4.69, 9.17) is 5.73 Å². The van der Waals surface area contributed by atoms with E-state index in [-0.39, 0.29) is 17.5 Å². The fourth-order valence-corrected chi connectivity index (χ4v) is 2.78. The van der Waals surface area contributed by atoms with Crippen molar-refractivity contribution < 1.29 is 4.79 Å². The van der Waals surface area contributed by atoms with Crippen LogP contribution in [0.3, 0.4) is 0 Å². The maximum Gasteiger partial charge on any atom is 0.222 e. The SMILES string of the molecule is C[C@@H](NC(=O)CC1(N)CCCCC1)c1ccncc1. The zero-order chi connectivity index (χ0) is 13.7. The Morgan fingerprint density at radius 2 is 2.00 bits per heavy atom. The number of rotatable bonds is 4. The molecule has 1 aromatic rings. The van der Waals surface area contributed by atoms with Crippen LogP contribution in [0, 0.1) is 0 Å². The van der Waals surface area contributed by atoms with Gasteiger partial charge in [-0.25, -0.2) is 0 Å². The Morgan fingerprint density at radius 3 is 2.63 bits per heavy atom. The van der Waals surface area contributed by atoms with Crippen molar-refractivity contribution in [2.75, 3.05) is 0 Å². The zero-order valence-electron chi connectivity index (χ0n) is 11.6. The molecule has 3 N–H and O–H groups in total. The third-order valence-corrected chi connectivity index (χ3v) is 3.95. The van der Waals surface area contributed by atoms with Crippen LogP contribution in [0.4, 0.5) is 0 Å². The van der Waals surface area contributed by atoms with Gasteiger partial charge in [-0.15, -0.1) is 0 Å². The van der Waals surface area contributed by atoms with E-state index in [9.17, 15) is 4.79 Å². The smallest absolute Gasteiger partial charge is 0.222 e. The molecule has 0 unspecified atom stereocenters. The summed E-state index contributed by atoms with van der Waals surface area (Å²) in [4.78, 5) is 16.1. The summed E-state index contributed by atoms with van der Waals surface area (Å²) >= 11 is 0. The minimum absolute atomic E-state index is 0.00249. The minimum atomic E-state index is -0.291. The Bertz CT molecular complexity index is 413. The molecule has 0 spiro atoms. The van der Waals surface area contributed by atoms with Gasteiger partial charge >= 0.3 is 0 Å². The van der Waals surface area contributed by atoms with Crippen LogP contribution in [0.25, 0.3) is 0 Å². The first-order chi connectivity index (χ1) is 9.09. The second-order valence-electron chi connectivity index (χ2n) is 5.67. The van der Waals surface area contributed by atoms with Crippen molar-refractivity contribution in [1.29, 1.82) is 0 Å². The Kier molecular flexibility index (Phi) is 4.53. The summed E-state index contributed by atoms with van der Waals surface area (Å²) in [6, 6.07) is 3.84. The topological polar surface area (TPSA) is 68.0 Å². The molecule has 1 aromatic heterocycles. The molecule has 1 aliphatic rings. The molecule has 0 bridgehead atoms. The van der Waals surface area contributed by atoms with E-state index in [1.54, 1.807) is 12.4 Å². The number of nitrogens with one attached hydrogen (secondary N) is 1. The molecule has 1 aliphatic carbocycles. The van der Waals surface area contributed by atoms with Crippen molar-refractivity contribution in [3.05, 3.63) is 30.1 Å². The predicted octanol–water partition coefficient (Wildman–Crippen LogP) is 2.31. The van der Waals surface area contributed by atoms with E-state index in [1.807, 2.05) is 19.1 Å². The van der Waals surface area contributed by atoms with Gasteiger partial charge in [0.15, 0.2) is 0 Å². The number of hydrogen-bond donors (Lipinski definition) is 2. The lowest BCUT2D eigenvalue weighted by Gasteiger charge is -2.33. The van der Waals surface area contributed by atoms with Crippen molar-refractivity contribution in [3.63, 3.8) is 0 Å². The number of carbonyl (C=O) groups is 1. The molecule has 4 heteroatoms. The maximum absolute atomic E-state index is 12.1. The summed E-state index contributed by atoms with van der Waals surface area (Å²) in [6.07, 6.45) is 9.37. The Labute approximate surface area is 114 Å². The second kappa shape index (κ2) is 6.15. The Hall–Kier alpha value is -1.42. The van der Waals surface area contributed by atoms with Gasteiger partial charge in [0.05, 0.1) is 6.04 Å². The molecule has 1 atom stereocenters. The summed E-state index contributed by atoms with van der Waals surface area (Å²) in [5.41, 5.74) is 7.08.